The van der Waals surface area contributed by atoms with Gasteiger partial charge in [0.1, 0.15) is 5.75 Å². The van der Waals surface area contributed by atoms with Crippen LogP contribution < -0.4 is 10.5 Å². The van der Waals surface area contributed by atoms with Crippen LogP contribution in [0.4, 0.5) is 0 Å². The second kappa shape index (κ2) is 4.82. The molecule has 0 bridgehead atoms. The first-order valence-corrected chi connectivity index (χ1v) is 4.47. The van der Waals surface area contributed by atoms with Crippen molar-refractivity contribution in [2.45, 2.75) is 25.8 Å². The zero-order valence-electron chi connectivity index (χ0n) is 8.16. The standard InChI is InChI=1S/C10H16N2O/c1-8(11)3-4-9-5-6-10(13-2)7-12-9/h5-8H,3-4,11H2,1-2H3. The number of nitrogens with two attached hydrogens (primary N) is 1. The zero-order valence-corrected chi connectivity index (χ0v) is 8.16. The Kier molecular flexibility index (Phi) is 3.71. The third kappa shape index (κ3) is 3.42. The topological polar surface area (TPSA) is 48.1 Å². The minimum absolute atomic E-state index is 0.240. The van der Waals surface area contributed by atoms with Gasteiger partial charge >= 0.3 is 0 Å². The maximum Gasteiger partial charge on any atom is 0.137 e. The normalized spacial score (nSPS) is 12.5. The lowest BCUT2D eigenvalue weighted by Crippen LogP contribution is -2.15. The zero-order chi connectivity index (χ0) is 9.68. The van der Waals surface area contributed by atoms with E-state index in [0.717, 1.165) is 24.3 Å². The quantitative estimate of drug-likeness (QED) is 0.761. The van der Waals surface area contributed by atoms with Gasteiger partial charge in [-0.15, -0.1) is 0 Å². The Labute approximate surface area is 78.9 Å². The van der Waals surface area contributed by atoms with E-state index in [9.17, 15) is 0 Å². The Bertz CT molecular complexity index is 244. The second-order valence-corrected chi connectivity index (χ2v) is 3.21. The molecule has 1 rings (SSSR count). The average molecular weight is 180 g/mol. The van der Waals surface area contributed by atoms with Crippen LogP contribution in [0, 0.1) is 0 Å². The van der Waals surface area contributed by atoms with Crippen LogP contribution in [0.1, 0.15) is 19.0 Å². The van der Waals surface area contributed by atoms with E-state index in [4.69, 9.17) is 10.5 Å². The summed E-state index contributed by atoms with van der Waals surface area (Å²) in [7, 11) is 1.64. The molecule has 3 heteroatoms. The Morgan fingerprint density at radius 1 is 1.54 bits per heavy atom. The highest BCUT2D eigenvalue weighted by molar-refractivity contribution is 5.19. The highest BCUT2D eigenvalue weighted by Crippen LogP contribution is 2.09. The Hall–Kier alpha value is -1.09. The molecule has 0 radical (unpaired) electrons. The van der Waals surface area contributed by atoms with Gasteiger partial charge in [-0.1, -0.05) is 0 Å². The van der Waals surface area contributed by atoms with E-state index in [1.165, 1.54) is 0 Å². The van der Waals surface area contributed by atoms with Crippen molar-refractivity contribution in [2.24, 2.45) is 5.73 Å². The van der Waals surface area contributed by atoms with Gasteiger partial charge in [0.15, 0.2) is 0 Å². The van der Waals surface area contributed by atoms with Crippen molar-refractivity contribution < 1.29 is 4.74 Å². The number of hydrogen-bond acceptors (Lipinski definition) is 3. The van der Waals surface area contributed by atoms with Crippen molar-refractivity contribution in [3.8, 4) is 5.75 Å². The molecule has 0 amide bonds. The predicted octanol–water partition coefficient (Wildman–Crippen LogP) is 1.37. The summed E-state index contributed by atoms with van der Waals surface area (Å²) in [6, 6.07) is 4.13. The van der Waals surface area contributed by atoms with E-state index in [-0.39, 0.29) is 6.04 Å². The largest absolute Gasteiger partial charge is 0.495 e. The van der Waals surface area contributed by atoms with Crippen LogP contribution in [-0.4, -0.2) is 18.1 Å². The molecule has 2 N–H and O–H groups in total. The van der Waals surface area contributed by atoms with E-state index < -0.39 is 0 Å². The maximum atomic E-state index is 5.64. The lowest BCUT2D eigenvalue weighted by molar-refractivity contribution is 0.412. The molecule has 0 fully saturated rings. The Morgan fingerprint density at radius 2 is 2.31 bits per heavy atom. The first-order valence-electron chi connectivity index (χ1n) is 4.47. The molecule has 0 aromatic carbocycles. The van der Waals surface area contributed by atoms with Gasteiger partial charge in [0.05, 0.1) is 13.3 Å². The summed E-state index contributed by atoms with van der Waals surface area (Å²) in [5, 5.41) is 0. The van der Waals surface area contributed by atoms with Crippen LogP contribution in [0.2, 0.25) is 0 Å². The van der Waals surface area contributed by atoms with Crippen LogP contribution in [0.5, 0.6) is 5.75 Å². The number of hydrogen-bond donors (Lipinski definition) is 1. The van der Waals surface area contributed by atoms with Crippen LogP contribution in [0.15, 0.2) is 18.3 Å². The molecule has 0 aliphatic heterocycles. The molecule has 3 nitrogen and oxygen atoms in total. The number of rotatable bonds is 4. The van der Waals surface area contributed by atoms with Crippen LogP contribution >= 0.6 is 0 Å². The third-order valence-corrected chi connectivity index (χ3v) is 1.89. The molecule has 0 aliphatic rings. The molecular formula is C10H16N2O. The summed E-state index contributed by atoms with van der Waals surface area (Å²) in [4.78, 5) is 4.24. The monoisotopic (exact) mass is 180 g/mol. The number of nitrogens with zero attached hydrogens (tertiary/aromatic N) is 1. The molecule has 1 aromatic heterocycles. The highest BCUT2D eigenvalue weighted by Gasteiger charge is 1.98. The highest BCUT2D eigenvalue weighted by atomic mass is 16.5. The molecule has 13 heavy (non-hydrogen) atoms. The molecule has 1 heterocycles. The molecule has 0 aliphatic carbocycles. The molecular weight excluding hydrogens is 164 g/mol. The van der Waals surface area contributed by atoms with Gasteiger partial charge in [0.2, 0.25) is 0 Å². The average Bonchev–Trinajstić information content (AvgIpc) is 2.15. The molecule has 0 saturated heterocycles. The smallest absolute Gasteiger partial charge is 0.137 e. The summed E-state index contributed by atoms with van der Waals surface area (Å²) in [6.07, 6.45) is 3.64. The first kappa shape index (κ1) is 9.99. The van der Waals surface area contributed by atoms with E-state index in [1.54, 1.807) is 13.3 Å². The van der Waals surface area contributed by atoms with Crippen molar-refractivity contribution in [3.05, 3.63) is 24.0 Å². The van der Waals surface area contributed by atoms with Gasteiger partial charge in [-0.05, 0) is 31.9 Å². The van der Waals surface area contributed by atoms with Crippen molar-refractivity contribution in [2.75, 3.05) is 7.11 Å². The first-order chi connectivity index (χ1) is 6.22. The van der Waals surface area contributed by atoms with E-state index >= 15 is 0 Å². The number of aromatic nitrogens is 1. The van der Waals surface area contributed by atoms with Crippen molar-refractivity contribution in [1.29, 1.82) is 0 Å². The molecule has 0 spiro atoms. The molecule has 0 saturated carbocycles. The van der Waals surface area contributed by atoms with Gasteiger partial charge in [0, 0.05) is 11.7 Å². The third-order valence-electron chi connectivity index (χ3n) is 1.89. The number of ether oxygens (including phenoxy) is 1. The van der Waals surface area contributed by atoms with Crippen molar-refractivity contribution in [3.63, 3.8) is 0 Å². The summed E-state index contributed by atoms with van der Waals surface area (Å²) in [5.74, 6) is 0.796. The summed E-state index contributed by atoms with van der Waals surface area (Å²) >= 11 is 0. The van der Waals surface area contributed by atoms with E-state index in [1.807, 2.05) is 19.1 Å². The lowest BCUT2D eigenvalue weighted by atomic mass is 10.1. The molecule has 72 valence electrons. The molecule has 1 atom stereocenters. The predicted molar refractivity (Wildman–Crippen MR) is 52.8 cm³/mol. The number of aryl methyl sites for hydroxylation is 1. The van der Waals surface area contributed by atoms with E-state index in [2.05, 4.69) is 4.98 Å². The van der Waals surface area contributed by atoms with Crippen LogP contribution in [0.3, 0.4) is 0 Å². The van der Waals surface area contributed by atoms with Gasteiger partial charge in [-0.25, -0.2) is 0 Å². The summed E-state index contributed by atoms with van der Waals surface area (Å²) in [5.41, 5.74) is 6.71. The van der Waals surface area contributed by atoms with Crippen molar-refractivity contribution in [1.82, 2.24) is 4.98 Å². The Balaban J connectivity index is 2.49. The number of pyridine rings is 1. The van der Waals surface area contributed by atoms with Crippen LogP contribution in [0.25, 0.3) is 0 Å². The summed E-state index contributed by atoms with van der Waals surface area (Å²) in [6.45, 7) is 2.00. The minimum Gasteiger partial charge on any atom is -0.495 e. The second-order valence-electron chi connectivity index (χ2n) is 3.21. The van der Waals surface area contributed by atoms with Gasteiger partial charge < -0.3 is 10.5 Å². The summed E-state index contributed by atoms with van der Waals surface area (Å²) < 4.78 is 5.01. The fraction of sp³-hybridized carbons (Fsp3) is 0.500. The maximum absolute atomic E-state index is 5.64. The van der Waals surface area contributed by atoms with Gasteiger partial charge in [0.25, 0.3) is 0 Å². The lowest BCUT2D eigenvalue weighted by Gasteiger charge is -2.04. The van der Waals surface area contributed by atoms with Gasteiger partial charge in [-0.3, -0.25) is 4.98 Å². The fourth-order valence-corrected chi connectivity index (χ4v) is 1.06. The van der Waals surface area contributed by atoms with Gasteiger partial charge in [-0.2, -0.15) is 0 Å². The molecule has 1 aromatic rings. The molecule has 1 unspecified atom stereocenters. The van der Waals surface area contributed by atoms with Crippen molar-refractivity contribution >= 4 is 0 Å². The minimum atomic E-state index is 0.240. The SMILES string of the molecule is COc1ccc(CCC(C)N)nc1. The number of methoxy groups -OCH3 is 1. The van der Waals surface area contributed by atoms with Crippen LogP contribution in [-0.2, 0) is 6.42 Å². The van der Waals surface area contributed by atoms with E-state index in [0.29, 0.717) is 0 Å². The Morgan fingerprint density at radius 3 is 2.77 bits per heavy atom. The fourth-order valence-electron chi connectivity index (χ4n) is 1.06.